The standard InChI is InChI=1S/C20H20ClN3O2S/c21-16-3-1-13(2-4-16)12-22-18(25)14-5-8-24(9-6-14)20(26)17-11-15-7-10-27-19(15)23-17/h1-4,7,10-11,14,23H,5-6,8-9,12H2,(H,22,25). The Morgan fingerprint density at radius 1 is 1.19 bits per heavy atom. The molecule has 1 aliphatic rings. The lowest BCUT2D eigenvalue weighted by Gasteiger charge is -2.31. The molecule has 0 atom stereocenters. The summed E-state index contributed by atoms with van der Waals surface area (Å²) in [6.45, 7) is 1.70. The van der Waals surface area contributed by atoms with Crippen molar-refractivity contribution >= 4 is 45.0 Å². The van der Waals surface area contributed by atoms with Crippen molar-refractivity contribution in [3.05, 3.63) is 58.1 Å². The molecular formula is C20H20ClN3O2S. The third-order valence-electron chi connectivity index (χ3n) is 5.01. The average molecular weight is 402 g/mol. The largest absolute Gasteiger partial charge is 0.352 e. The van der Waals surface area contributed by atoms with Gasteiger partial charge < -0.3 is 15.2 Å². The van der Waals surface area contributed by atoms with E-state index < -0.39 is 0 Å². The lowest BCUT2D eigenvalue weighted by molar-refractivity contribution is -0.126. The Morgan fingerprint density at radius 2 is 1.93 bits per heavy atom. The molecule has 2 N–H and O–H groups in total. The van der Waals surface area contributed by atoms with Crippen molar-refractivity contribution in [3.63, 3.8) is 0 Å². The van der Waals surface area contributed by atoms with Crippen LogP contribution in [0.3, 0.4) is 0 Å². The van der Waals surface area contributed by atoms with E-state index in [1.165, 1.54) is 0 Å². The Balaban J connectivity index is 1.29. The van der Waals surface area contributed by atoms with E-state index in [-0.39, 0.29) is 17.7 Å². The van der Waals surface area contributed by atoms with Crippen LogP contribution in [0.15, 0.2) is 41.8 Å². The van der Waals surface area contributed by atoms with Crippen LogP contribution in [0.1, 0.15) is 28.9 Å². The van der Waals surface area contributed by atoms with Gasteiger partial charge in [0, 0.05) is 36.0 Å². The number of amides is 2. The molecule has 7 heteroatoms. The van der Waals surface area contributed by atoms with Gasteiger partial charge in [-0.3, -0.25) is 9.59 Å². The summed E-state index contributed by atoms with van der Waals surface area (Å²) in [6, 6.07) is 11.4. The van der Waals surface area contributed by atoms with Crippen molar-refractivity contribution < 1.29 is 9.59 Å². The Labute approximate surface area is 166 Å². The maximum absolute atomic E-state index is 12.7. The number of aromatic nitrogens is 1. The summed E-state index contributed by atoms with van der Waals surface area (Å²) < 4.78 is 0. The number of rotatable bonds is 4. The maximum atomic E-state index is 12.7. The zero-order valence-electron chi connectivity index (χ0n) is 14.7. The Bertz CT molecular complexity index is 927. The number of nitrogens with one attached hydrogen (secondary N) is 2. The quantitative estimate of drug-likeness (QED) is 0.692. The van der Waals surface area contributed by atoms with Crippen LogP contribution in [-0.4, -0.2) is 34.8 Å². The predicted molar refractivity (Wildman–Crippen MR) is 108 cm³/mol. The lowest BCUT2D eigenvalue weighted by Crippen LogP contribution is -2.43. The van der Waals surface area contributed by atoms with Gasteiger partial charge in [0.2, 0.25) is 5.91 Å². The van der Waals surface area contributed by atoms with Gasteiger partial charge in [-0.15, -0.1) is 11.3 Å². The molecule has 0 bridgehead atoms. The van der Waals surface area contributed by atoms with Gasteiger partial charge in [-0.05, 0) is 48.1 Å². The van der Waals surface area contributed by atoms with Gasteiger partial charge in [-0.2, -0.15) is 0 Å². The molecule has 2 amide bonds. The number of H-pyrrole nitrogens is 1. The summed E-state index contributed by atoms with van der Waals surface area (Å²) >= 11 is 7.47. The highest BCUT2D eigenvalue weighted by Gasteiger charge is 2.28. The van der Waals surface area contributed by atoms with E-state index in [1.54, 1.807) is 11.3 Å². The van der Waals surface area contributed by atoms with Crippen LogP contribution >= 0.6 is 22.9 Å². The molecule has 4 rings (SSSR count). The van der Waals surface area contributed by atoms with E-state index >= 15 is 0 Å². The lowest BCUT2D eigenvalue weighted by atomic mass is 9.95. The van der Waals surface area contributed by atoms with Crippen molar-refractivity contribution in [3.8, 4) is 0 Å². The third kappa shape index (κ3) is 4.01. The highest BCUT2D eigenvalue weighted by molar-refractivity contribution is 7.16. The minimum Gasteiger partial charge on any atom is -0.352 e. The number of carbonyl (C=O) groups is 2. The summed E-state index contributed by atoms with van der Waals surface area (Å²) in [4.78, 5) is 31.1. The molecule has 0 saturated carbocycles. The molecule has 3 aromatic rings. The minimum absolute atomic E-state index is 0.0124. The highest BCUT2D eigenvalue weighted by Crippen LogP contribution is 2.24. The predicted octanol–water partition coefficient (Wildman–Crippen LogP) is 4.05. The minimum atomic E-state index is -0.0477. The number of fused-ring (bicyclic) bond motifs is 1. The first-order chi connectivity index (χ1) is 13.1. The van der Waals surface area contributed by atoms with Gasteiger partial charge >= 0.3 is 0 Å². The van der Waals surface area contributed by atoms with Gasteiger partial charge in [0.15, 0.2) is 0 Å². The fraction of sp³-hybridized carbons (Fsp3) is 0.300. The summed E-state index contributed by atoms with van der Waals surface area (Å²) in [5, 5.41) is 6.74. The molecule has 140 valence electrons. The van der Waals surface area contributed by atoms with Crippen LogP contribution < -0.4 is 5.32 Å². The summed E-state index contributed by atoms with van der Waals surface area (Å²) in [5.41, 5.74) is 1.65. The number of likely N-dealkylation sites (tertiary alicyclic amines) is 1. The third-order valence-corrected chi connectivity index (χ3v) is 6.10. The summed E-state index contributed by atoms with van der Waals surface area (Å²) in [6.07, 6.45) is 1.38. The fourth-order valence-electron chi connectivity index (χ4n) is 3.41. The topological polar surface area (TPSA) is 65.2 Å². The number of nitrogens with zero attached hydrogens (tertiary/aromatic N) is 1. The van der Waals surface area contributed by atoms with Crippen LogP contribution in [0, 0.1) is 5.92 Å². The second-order valence-electron chi connectivity index (χ2n) is 6.80. The Morgan fingerprint density at radius 3 is 2.63 bits per heavy atom. The molecule has 5 nitrogen and oxygen atoms in total. The number of thiophene rings is 1. The molecule has 0 spiro atoms. The molecule has 1 fully saturated rings. The summed E-state index contributed by atoms with van der Waals surface area (Å²) in [7, 11) is 0. The van der Waals surface area contributed by atoms with Crippen molar-refractivity contribution in [2.45, 2.75) is 19.4 Å². The maximum Gasteiger partial charge on any atom is 0.270 e. The second-order valence-corrected chi connectivity index (χ2v) is 8.15. The van der Waals surface area contributed by atoms with Crippen molar-refractivity contribution in [1.29, 1.82) is 0 Å². The van der Waals surface area contributed by atoms with E-state index in [1.807, 2.05) is 46.7 Å². The van der Waals surface area contributed by atoms with E-state index in [2.05, 4.69) is 10.3 Å². The first-order valence-electron chi connectivity index (χ1n) is 8.98. The van der Waals surface area contributed by atoms with Gasteiger partial charge in [-0.1, -0.05) is 23.7 Å². The second kappa shape index (κ2) is 7.74. The molecule has 1 aromatic carbocycles. The van der Waals surface area contributed by atoms with Crippen LogP contribution in [0.5, 0.6) is 0 Å². The fourth-order valence-corrected chi connectivity index (χ4v) is 4.32. The van der Waals surface area contributed by atoms with E-state index in [0.717, 1.165) is 15.8 Å². The molecule has 0 radical (unpaired) electrons. The molecule has 1 saturated heterocycles. The van der Waals surface area contributed by atoms with E-state index in [0.29, 0.717) is 43.2 Å². The van der Waals surface area contributed by atoms with Gasteiger partial charge in [-0.25, -0.2) is 0 Å². The van der Waals surface area contributed by atoms with Crippen LogP contribution in [-0.2, 0) is 11.3 Å². The number of halogens is 1. The molecule has 27 heavy (non-hydrogen) atoms. The van der Waals surface area contributed by atoms with Crippen molar-refractivity contribution in [2.24, 2.45) is 5.92 Å². The zero-order valence-corrected chi connectivity index (χ0v) is 16.3. The number of aromatic amines is 1. The molecule has 1 aliphatic heterocycles. The van der Waals surface area contributed by atoms with E-state index in [9.17, 15) is 9.59 Å². The van der Waals surface area contributed by atoms with Crippen molar-refractivity contribution in [1.82, 2.24) is 15.2 Å². The van der Waals surface area contributed by atoms with Gasteiger partial charge in [0.05, 0.1) is 0 Å². The average Bonchev–Trinajstić information content (AvgIpc) is 3.29. The normalized spacial score (nSPS) is 15.2. The first kappa shape index (κ1) is 18.1. The molecule has 3 heterocycles. The number of piperidine rings is 1. The van der Waals surface area contributed by atoms with Crippen LogP contribution in [0.25, 0.3) is 10.2 Å². The Hall–Kier alpha value is -2.31. The monoisotopic (exact) mass is 401 g/mol. The van der Waals surface area contributed by atoms with Gasteiger partial charge in [0.25, 0.3) is 5.91 Å². The van der Waals surface area contributed by atoms with Crippen LogP contribution in [0.2, 0.25) is 5.02 Å². The van der Waals surface area contributed by atoms with Crippen LogP contribution in [0.4, 0.5) is 0 Å². The van der Waals surface area contributed by atoms with E-state index in [4.69, 9.17) is 11.6 Å². The number of hydrogen-bond donors (Lipinski definition) is 2. The SMILES string of the molecule is O=C(NCc1ccc(Cl)cc1)C1CCN(C(=O)c2cc3ccsc3[nH]2)CC1. The number of benzene rings is 1. The van der Waals surface area contributed by atoms with Gasteiger partial charge in [0.1, 0.15) is 10.5 Å². The summed E-state index contributed by atoms with van der Waals surface area (Å²) in [5.74, 6) is 0.0179. The zero-order chi connectivity index (χ0) is 18.8. The smallest absolute Gasteiger partial charge is 0.270 e. The van der Waals surface area contributed by atoms with Crippen molar-refractivity contribution in [2.75, 3.05) is 13.1 Å². The first-order valence-corrected chi connectivity index (χ1v) is 10.2. The molecule has 2 aromatic heterocycles. The molecule has 0 unspecified atom stereocenters. The number of carbonyl (C=O) groups excluding carboxylic acids is 2. The number of hydrogen-bond acceptors (Lipinski definition) is 3. The Kier molecular flexibility index (Phi) is 5.18. The highest BCUT2D eigenvalue weighted by atomic mass is 35.5. The molecule has 0 aliphatic carbocycles. The molecular weight excluding hydrogens is 382 g/mol.